The Bertz CT molecular complexity index is 1170. The van der Waals surface area contributed by atoms with E-state index in [1.165, 1.54) is 0 Å². The predicted molar refractivity (Wildman–Crippen MR) is 104 cm³/mol. The van der Waals surface area contributed by atoms with Gasteiger partial charge in [0.05, 0.1) is 12.1 Å². The highest BCUT2D eigenvalue weighted by Crippen LogP contribution is 2.34. The van der Waals surface area contributed by atoms with E-state index in [9.17, 15) is 4.79 Å². The number of hydrogen-bond acceptors (Lipinski definition) is 5. The highest BCUT2D eigenvalue weighted by Gasteiger charge is 2.19. The van der Waals surface area contributed by atoms with Gasteiger partial charge in [0.15, 0.2) is 17.2 Å². The van der Waals surface area contributed by atoms with Gasteiger partial charge in [-0.1, -0.05) is 18.2 Å². The van der Waals surface area contributed by atoms with Gasteiger partial charge in [0, 0.05) is 29.5 Å². The fourth-order valence-electron chi connectivity index (χ4n) is 3.24. The highest BCUT2D eigenvalue weighted by atomic mass is 16.7. The molecule has 1 aliphatic rings. The van der Waals surface area contributed by atoms with Gasteiger partial charge in [0.1, 0.15) is 0 Å². The van der Waals surface area contributed by atoms with Crippen LogP contribution in [-0.4, -0.2) is 27.5 Å². The average molecular weight is 372 g/mol. The molecule has 0 aliphatic carbocycles. The summed E-state index contributed by atoms with van der Waals surface area (Å²) < 4.78 is 12.5. The number of carbonyl (C=O) groups excluding carboxylic acids is 1. The third kappa shape index (κ3) is 2.92. The van der Waals surface area contributed by atoms with Crippen molar-refractivity contribution in [1.82, 2.24) is 14.8 Å². The van der Waals surface area contributed by atoms with Gasteiger partial charge in [0.2, 0.25) is 6.79 Å². The van der Waals surface area contributed by atoms with Gasteiger partial charge < -0.3 is 14.8 Å². The fraction of sp³-hybridized carbons (Fsp3) is 0.0952. The number of carbonyl (C=O) groups is 1. The number of anilines is 1. The Kier molecular flexibility index (Phi) is 3.90. The van der Waals surface area contributed by atoms with Crippen LogP contribution in [0.15, 0.2) is 67.0 Å². The summed E-state index contributed by atoms with van der Waals surface area (Å²) in [6, 6.07) is 16.9. The third-order valence-corrected chi connectivity index (χ3v) is 4.59. The number of ether oxygens (including phenoxy) is 2. The van der Waals surface area contributed by atoms with Crippen LogP contribution < -0.4 is 14.8 Å². The lowest BCUT2D eigenvalue weighted by molar-refractivity contribution is 0.102. The van der Waals surface area contributed by atoms with Crippen molar-refractivity contribution in [1.29, 1.82) is 0 Å². The topological polar surface area (TPSA) is 78.3 Å². The molecule has 0 saturated heterocycles. The van der Waals surface area contributed by atoms with Crippen LogP contribution in [0.2, 0.25) is 0 Å². The number of hydrogen-bond donors (Lipinski definition) is 1. The van der Waals surface area contributed by atoms with E-state index in [1.807, 2.05) is 41.1 Å². The monoisotopic (exact) mass is 372 g/mol. The van der Waals surface area contributed by atoms with E-state index in [1.54, 1.807) is 30.6 Å². The van der Waals surface area contributed by atoms with E-state index in [4.69, 9.17) is 9.47 Å². The van der Waals surface area contributed by atoms with Gasteiger partial charge >= 0.3 is 0 Å². The zero-order valence-electron chi connectivity index (χ0n) is 14.8. The molecule has 0 unspecified atom stereocenters. The molecule has 0 atom stereocenters. The fourth-order valence-corrected chi connectivity index (χ4v) is 3.24. The molecular formula is C21H16N4O3. The van der Waals surface area contributed by atoms with E-state index in [0.29, 0.717) is 29.4 Å². The molecular weight excluding hydrogens is 356 g/mol. The van der Waals surface area contributed by atoms with Crippen molar-refractivity contribution in [2.24, 2.45) is 0 Å². The van der Waals surface area contributed by atoms with Gasteiger partial charge in [-0.25, -0.2) is 0 Å². The molecule has 7 heteroatoms. The standard InChI is InChI=1S/C21H16N4O3/c26-21(23-15-5-6-18-19(11-15)28-13-27-18)20-16-3-1-2-4-17(16)25(24-20)12-14-7-9-22-10-8-14/h1-11H,12-13H2,(H,23,26). The van der Waals surface area contributed by atoms with E-state index in [-0.39, 0.29) is 12.7 Å². The van der Waals surface area contributed by atoms with E-state index in [2.05, 4.69) is 15.4 Å². The second-order valence-electron chi connectivity index (χ2n) is 6.40. The lowest BCUT2D eigenvalue weighted by Crippen LogP contribution is -2.14. The maximum Gasteiger partial charge on any atom is 0.276 e. The first kappa shape index (κ1) is 16.3. The molecule has 5 rings (SSSR count). The van der Waals surface area contributed by atoms with E-state index >= 15 is 0 Å². The summed E-state index contributed by atoms with van der Waals surface area (Å²) in [4.78, 5) is 17.0. The van der Waals surface area contributed by atoms with Crippen LogP contribution in [0.3, 0.4) is 0 Å². The van der Waals surface area contributed by atoms with Crippen LogP contribution in [0, 0.1) is 0 Å². The molecule has 1 amide bonds. The smallest absolute Gasteiger partial charge is 0.276 e. The molecule has 0 saturated carbocycles. The molecule has 0 radical (unpaired) electrons. The van der Waals surface area contributed by atoms with E-state index in [0.717, 1.165) is 16.5 Å². The van der Waals surface area contributed by atoms with Gasteiger partial charge in [-0.2, -0.15) is 5.10 Å². The van der Waals surface area contributed by atoms with Crippen LogP contribution in [0.1, 0.15) is 16.1 Å². The molecule has 3 heterocycles. The minimum atomic E-state index is -0.274. The molecule has 4 aromatic rings. The van der Waals surface area contributed by atoms with Gasteiger partial charge in [-0.05, 0) is 35.9 Å². The molecule has 2 aromatic carbocycles. The quantitative estimate of drug-likeness (QED) is 0.594. The second-order valence-corrected chi connectivity index (χ2v) is 6.40. The number of rotatable bonds is 4. The lowest BCUT2D eigenvalue weighted by Gasteiger charge is -2.05. The van der Waals surface area contributed by atoms with Crippen LogP contribution >= 0.6 is 0 Å². The molecule has 7 nitrogen and oxygen atoms in total. The summed E-state index contributed by atoms with van der Waals surface area (Å²) in [6.45, 7) is 0.747. The van der Waals surface area contributed by atoms with Crippen LogP contribution in [0.4, 0.5) is 5.69 Å². The molecule has 28 heavy (non-hydrogen) atoms. The molecule has 1 aliphatic heterocycles. The van der Waals surface area contributed by atoms with Crippen molar-refractivity contribution in [3.05, 3.63) is 78.2 Å². The van der Waals surface area contributed by atoms with Gasteiger partial charge in [-0.3, -0.25) is 14.5 Å². The molecule has 0 spiro atoms. The number of nitrogens with one attached hydrogen (secondary N) is 1. The molecule has 138 valence electrons. The summed E-state index contributed by atoms with van der Waals surface area (Å²) in [5.41, 5.74) is 2.96. The number of aromatic nitrogens is 3. The summed E-state index contributed by atoms with van der Waals surface area (Å²) in [6.07, 6.45) is 3.49. The molecule has 0 bridgehead atoms. The minimum Gasteiger partial charge on any atom is -0.454 e. The molecule has 2 aromatic heterocycles. The zero-order chi connectivity index (χ0) is 18.9. The zero-order valence-corrected chi connectivity index (χ0v) is 14.8. The van der Waals surface area contributed by atoms with Crippen molar-refractivity contribution in [3.63, 3.8) is 0 Å². The van der Waals surface area contributed by atoms with Crippen LogP contribution in [-0.2, 0) is 6.54 Å². The number of nitrogens with zero attached hydrogens (tertiary/aromatic N) is 3. The maximum atomic E-state index is 12.9. The van der Waals surface area contributed by atoms with Crippen molar-refractivity contribution in [3.8, 4) is 11.5 Å². The lowest BCUT2D eigenvalue weighted by atomic mass is 10.2. The predicted octanol–water partition coefficient (Wildman–Crippen LogP) is 3.46. The number of amides is 1. The van der Waals surface area contributed by atoms with Crippen molar-refractivity contribution >= 4 is 22.5 Å². The first-order chi connectivity index (χ1) is 13.8. The summed E-state index contributed by atoms with van der Waals surface area (Å²) >= 11 is 0. The first-order valence-corrected chi connectivity index (χ1v) is 8.83. The van der Waals surface area contributed by atoms with Crippen molar-refractivity contribution in [2.75, 3.05) is 12.1 Å². The Balaban J connectivity index is 1.47. The Morgan fingerprint density at radius 2 is 1.86 bits per heavy atom. The SMILES string of the molecule is O=C(Nc1ccc2c(c1)OCO2)c1nn(Cc2ccncc2)c2ccccc12. The Hall–Kier alpha value is -3.87. The molecule has 0 fully saturated rings. The number of para-hydroxylation sites is 1. The Labute approximate surface area is 160 Å². The summed E-state index contributed by atoms with van der Waals surface area (Å²) in [5.74, 6) is 1.01. The van der Waals surface area contributed by atoms with Crippen LogP contribution in [0.5, 0.6) is 11.5 Å². The second kappa shape index (κ2) is 6.70. The maximum absolute atomic E-state index is 12.9. The summed E-state index contributed by atoms with van der Waals surface area (Å²) in [7, 11) is 0. The van der Waals surface area contributed by atoms with Gasteiger partial charge in [0.25, 0.3) is 5.91 Å². The highest BCUT2D eigenvalue weighted by molar-refractivity contribution is 6.11. The Morgan fingerprint density at radius 3 is 2.75 bits per heavy atom. The Morgan fingerprint density at radius 1 is 1.04 bits per heavy atom. The van der Waals surface area contributed by atoms with Crippen molar-refractivity contribution < 1.29 is 14.3 Å². The van der Waals surface area contributed by atoms with Gasteiger partial charge in [-0.15, -0.1) is 0 Å². The average Bonchev–Trinajstić information content (AvgIpc) is 3.33. The number of pyridine rings is 1. The van der Waals surface area contributed by atoms with E-state index < -0.39 is 0 Å². The minimum absolute atomic E-state index is 0.191. The number of fused-ring (bicyclic) bond motifs is 2. The summed E-state index contributed by atoms with van der Waals surface area (Å²) in [5, 5.41) is 8.28. The normalized spacial score (nSPS) is 12.3. The third-order valence-electron chi connectivity index (χ3n) is 4.59. The van der Waals surface area contributed by atoms with Crippen molar-refractivity contribution in [2.45, 2.75) is 6.54 Å². The largest absolute Gasteiger partial charge is 0.454 e. The first-order valence-electron chi connectivity index (χ1n) is 8.83. The number of benzene rings is 2. The van der Waals surface area contributed by atoms with Crippen LogP contribution in [0.25, 0.3) is 10.9 Å². The molecule has 1 N–H and O–H groups in total.